The molecule has 0 unspecified atom stereocenters. The smallest absolute Gasteiger partial charge is 0.122 e. The lowest BCUT2D eigenvalue weighted by atomic mass is 9.90. The van der Waals surface area contributed by atoms with Gasteiger partial charge in [-0.3, -0.25) is 0 Å². The first-order valence-corrected chi connectivity index (χ1v) is 5.09. The standard InChI is InChI=1S/C13H17O/c1-8-5-9(2)12(14)11-7-13(3,4)6-10(8)11/h5,7,14H,6H2,1-4H3. The Labute approximate surface area is 85.8 Å². The van der Waals surface area contributed by atoms with Crippen LogP contribution < -0.4 is 0 Å². The average molecular weight is 189 g/mol. The molecule has 0 bridgehead atoms. The molecule has 0 saturated carbocycles. The molecule has 0 saturated heterocycles. The molecule has 75 valence electrons. The van der Waals surface area contributed by atoms with Crippen molar-refractivity contribution in [2.24, 2.45) is 5.41 Å². The van der Waals surface area contributed by atoms with Crippen molar-refractivity contribution in [2.45, 2.75) is 34.1 Å². The summed E-state index contributed by atoms with van der Waals surface area (Å²) in [4.78, 5) is 0. The second kappa shape index (κ2) is 2.75. The molecule has 1 aliphatic rings. The first kappa shape index (κ1) is 9.57. The van der Waals surface area contributed by atoms with Crippen LogP contribution in [0.2, 0.25) is 0 Å². The van der Waals surface area contributed by atoms with Crippen LogP contribution >= 0.6 is 0 Å². The maximum atomic E-state index is 9.94. The molecule has 1 aromatic rings. The van der Waals surface area contributed by atoms with Crippen LogP contribution in [0.1, 0.15) is 36.1 Å². The number of phenols is 1. The topological polar surface area (TPSA) is 20.2 Å². The van der Waals surface area contributed by atoms with E-state index in [0.29, 0.717) is 5.75 Å². The molecule has 0 fully saturated rings. The van der Waals surface area contributed by atoms with Gasteiger partial charge in [0.15, 0.2) is 0 Å². The second-order valence-corrected chi connectivity index (χ2v) is 5.06. The van der Waals surface area contributed by atoms with Crippen molar-refractivity contribution in [3.05, 3.63) is 34.7 Å². The fraction of sp³-hybridized carbons (Fsp3) is 0.462. The molecule has 1 aliphatic carbocycles. The van der Waals surface area contributed by atoms with E-state index in [1.165, 1.54) is 11.1 Å². The van der Waals surface area contributed by atoms with E-state index in [1.807, 2.05) is 6.92 Å². The van der Waals surface area contributed by atoms with Crippen LogP contribution in [0, 0.1) is 25.7 Å². The Morgan fingerprint density at radius 1 is 1.21 bits per heavy atom. The van der Waals surface area contributed by atoms with Gasteiger partial charge in [0.05, 0.1) is 0 Å². The number of hydrogen-bond acceptors (Lipinski definition) is 1. The van der Waals surface area contributed by atoms with Crippen molar-refractivity contribution in [3.63, 3.8) is 0 Å². The van der Waals surface area contributed by atoms with Gasteiger partial charge in [0.1, 0.15) is 5.75 Å². The highest BCUT2D eigenvalue weighted by atomic mass is 16.3. The Morgan fingerprint density at radius 3 is 2.50 bits per heavy atom. The first-order chi connectivity index (χ1) is 6.41. The molecule has 14 heavy (non-hydrogen) atoms. The van der Waals surface area contributed by atoms with Crippen molar-refractivity contribution < 1.29 is 5.11 Å². The number of benzene rings is 1. The summed E-state index contributed by atoms with van der Waals surface area (Å²) < 4.78 is 0. The summed E-state index contributed by atoms with van der Waals surface area (Å²) >= 11 is 0. The van der Waals surface area contributed by atoms with Gasteiger partial charge in [-0.2, -0.15) is 0 Å². The maximum Gasteiger partial charge on any atom is 0.122 e. The van der Waals surface area contributed by atoms with E-state index in [0.717, 1.165) is 17.5 Å². The van der Waals surface area contributed by atoms with Gasteiger partial charge in [0.25, 0.3) is 0 Å². The summed E-state index contributed by atoms with van der Waals surface area (Å²) in [6, 6.07) is 2.07. The van der Waals surface area contributed by atoms with E-state index in [2.05, 4.69) is 33.3 Å². The minimum Gasteiger partial charge on any atom is -0.507 e. The second-order valence-electron chi connectivity index (χ2n) is 5.06. The molecule has 1 heteroatoms. The fourth-order valence-electron chi connectivity index (χ4n) is 2.34. The number of phenolic OH excluding ortho intramolecular Hbond substituents is 1. The molecule has 0 amide bonds. The van der Waals surface area contributed by atoms with E-state index in [1.54, 1.807) is 0 Å². The molecular formula is C13H17O. The third-order valence-corrected chi connectivity index (χ3v) is 3.03. The first-order valence-electron chi connectivity index (χ1n) is 5.09. The van der Waals surface area contributed by atoms with Crippen molar-refractivity contribution in [2.75, 3.05) is 0 Å². The number of rotatable bonds is 0. The predicted molar refractivity (Wildman–Crippen MR) is 58.5 cm³/mol. The molecule has 2 rings (SSSR count). The van der Waals surface area contributed by atoms with Crippen molar-refractivity contribution in [1.82, 2.24) is 0 Å². The lowest BCUT2D eigenvalue weighted by molar-refractivity contribution is 0.456. The van der Waals surface area contributed by atoms with E-state index >= 15 is 0 Å². The zero-order valence-electron chi connectivity index (χ0n) is 9.31. The Morgan fingerprint density at radius 2 is 1.86 bits per heavy atom. The van der Waals surface area contributed by atoms with Crippen LogP contribution in [0.15, 0.2) is 6.07 Å². The molecule has 0 atom stereocenters. The summed E-state index contributed by atoms with van der Waals surface area (Å²) in [6.07, 6.45) is 3.24. The van der Waals surface area contributed by atoms with Crippen LogP contribution in [-0.2, 0) is 6.42 Å². The van der Waals surface area contributed by atoms with Crippen LogP contribution in [0.5, 0.6) is 5.75 Å². The summed E-state index contributed by atoms with van der Waals surface area (Å²) in [6.45, 7) is 8.50. The molecule has 1 radical (unpaired) electrons. The van der Waals surface area contributed by atoms with Crippen LogP contribution in [-0.4, -0.2) is 5.11 Å². The molecule has 0 aromatic heterocycles. The average Bonchev–Trinajstić information content (AvgIpc) is 2.38. The minimum atomic E-state index is 0.193. The van der Waals surface area contributed by atoms with E-state index in [9.17, 15) is 5.11 Å². The molecule has 1 N–H and O–H groups in total. The zero-order chi connectivity index (χ0) is 10.5. The van der Waals surface area contributed by atoms with E-state index < -0.39 is 0 Å². The van der Waals surface area contributed by atoms with Gasteiger partial charge >= 0.3 is 0 Å². The molecule has 0 heterocycles. The lowest BCUT2D eigenvalue weighted by Gasteiger charge is -2.14. The van der Waals surface area contributed by atoms with Crippen molar-refractivity contribution in [1.29, 1.82) is 0 Å². The highest BCUT2D eigenvalue weighted by Crippen LogP contribution is 2.44. The van der Waals surface area contributed by atoms with Gasteiger partial charge in [0.2, 0.25) is 0 Å². The van der Waals surface area contributed by atoms with Crippen LogP contribution in [0.25, 0.3) is 0 Å². The van der Waals surface area contributed by atoms with Gasteiger partial charge < -0.3 is 5.11 Å². The molecule has 1 aromatic carbocycles. The van der Waals surface area contributed by atoms with Crippen LogP contribution in [0.3, 0.4) is 0 Å². The summed E-state index contributed by atoms with van der Waals surface area (Å²) in [7, 11) is 0. The Bertz CT molecular complexity index is 389. The molecular weight excluding hydrogens is 172 g/mol. The van der Waals surface area contributed by atoms with Crippen molar-refractivity contribution >= 4 is 0 Å². The molecule has 1 nitrogen and oxygen atoms in total. The van der Waals surface area contributed by atoms with Crippen LogP contribution in [0.4, 0.5) is 0 Å². The maximum absolute atomic E-state index is 9.94. The number of hydrogen-bond donors (Lipinski definition) is 1. The molecule has 0 aliphatic heterocycles. The van der Waals surface area contributed by atoms with Gasteiger partial charge in [-0.15, -0.1) is 0 Å². The Balaban J connectivity index is 2.61. The quantitative estimate of drug-likeness (QED) is 0.664. The lowest BCUT2D eigenvalue weighted by Crippen LogP contribution is -2.07. The summed E-state index contributed by atoms with van der Waals surface area (Å²) in [5, 5.41) is 9.94. The van der Waals surface area contributed by atoms with Gasteiger partial charge in [-0.1, -0.05) is 19.9 Å². The SMILES string of the molecule is Cc1cc(C)c2c(c1O)[CH]C(C)(C)C2. The monoisotopic (exact) mass is 189 g/mol. The summed E-state index contributed by atoms with van der Waals surface area (Å²) in [5.41, 5.74) is 4.86. The number of fused-ring (bicyclic) bond motifs is 1. The predicted octanol–water partition coefficient (Wildman–Crippen LogP) is 3.14. The summed E-state index contributed by atoms with van der Waals surface area (Å²) in [5.74, 6) is 0.469. The Hall–Kier alpha value is -0.980. The number of aromatic hydroxyl groups is 1. The number of aryl methyl sites for hydroxylation is 2. The van der Waals surface area contributed by atoms with E-state index in [4.69, 9.17) is 0 Å². The van der Waals surface area contributed by atoms with Gasteiger partial charge in [-0.05, 0) is 42.4 Å². The highest BCUT2D eigenvalue weighted by Gasteiger charge is 2.32. The largest absolute Gasteiger partial charge is 0.507 e. The third kappa shape index (κ3) is 1.31. The Kier molecular flexibility index (Phi) is 1.88. The van der Waals surface area contributed by atoms with Crippen molar-refractivity contribution in [3.8, 4) is 5.75 Å². The van der Waals surface area contributed by atoms with E-state index in [-0.39, 0.29) is 5.41 Å². The fourth-order valence-corrected chi connectivity index (χ4v) is 2.34. The minimum absolute atomic E-state index is 0.193. The zero-order valence-corrected chi connectivity index (χ0v) is 9.31. The third-order valence-electron chi connectivity index (χ3n) is 3.03. The molecule has 0 spiro atoms. The van der Waals surface area contributed by atoms with Gasteiger partial charge in [0, 0.05) is 12.0 Å². The van der Waals surface area contributed by atoms with Gasteiger partial charge in [-0.25, -0.2) is 0 Å². The normalized spacial score (nSPS) is 18.3. The highest BCUT2D eigenvalue weighted by molar-refractivity contribution is 5.56.